The van der Waals surface area contributed by atoms with E-state index in [9.17, 15) is 10.1 Å². The highest BCUT2D eigenvalue weighted by Gasteiger charge is 2.30. The van der Waals surface area contributed by atoms with Gasteiger partial charge in [-0.15, -0.1) is 0 Å². The minimum Gasteiger partial charge on any atom is -0.379 e. The van der Waals surface area contributed by atoms with Gasteiger partial charge in [0, 0.05) is 43.5 Å². The van der Waals surface area contributed by atoms with Gasteiger partial charge in [0.05, 0.1) is 11.0 Å². The number of anilines is 1. The lowest BCUT2D eigenvalue weighted by Crippen LogP contribution is -2.46. The van der Waals surface area contributed by atoms with E-state index in [0.717, 1.165) is 51.1 Å². The predicted octanol–water partition coefficient (Wildman–Crippen LogP) is 3.52. The number of ether oxygens (including phenoxy) is 1. The van der Waals surface area contributed by atoms with E-state index in [2.05, 4.69) is 22.1 Å². The molecule has 1 N–H and O–H groups in total. The maximum Gasteiger partial charge on any atom is 0.311 e. The Balaban J connectivity index is 1.50. The molecule has 0 atom stereocenters. The van der Waals surface area contributed by atoms with E-state index < -0.39 is 0 Å². The standard InChI is InChI=1S/C19H30N4O3/c1-3-26-17-7-5-16(6-8-17)22-12-10-15(11-13-22)21-19-18(23(24)25)9-4-14(2)20-19/h4,9,15-17H,3,5-8,10-13H2,1-2H3,(H,20,21). The fourth-order valence-electron chi connectivity index (χ4n) is 4.22. The van der Waals surface area contributed by atoms with Crippen molar-refractivity contribution in [2.45, 2.75) is 70.6 Å². The topological polar surface area (TPSA) is 80.5 Å². The first-order chi connectivity index (χ1) is 12.6. The van der Waals surface area contributed by atoms with Crippen LogP contribution in [0.5, 0.6) is 0 Å². The fraction of sp³-hybridized carbons (Fsp3) is 0.737. The first-order valence-corrected chi connectivity index (χ1v) is 9.81. The zero-order valence-corrected chi connectivity index (χ0v) is 15.8. The van der Waals surface area contributed by atoms with E-state index in [1.54, 1.807) is 6.07 Å². The van der Waals surface area contributed by atoms with Gasteiger partial charge in [0.1, 0.15) is 0 Å². The molecule has 1 aromatic rings. The summed E-state index contributed by atoms with van der Waals surface area (Å²) < 4.78 is 5.75. The highest BCUT2D eigenvalue weighted by Crippen LogP contribution is 2.29. The second-order valence-electron chi connectivity index (χ2n) is 7.42. The van der Waals surface area contributed by atoms with E-state index in [0.29, 0.717) is 18.0 Å². The number of pyridine rings is 1. The molecular weight excluding hydrogens is 332 g/mol. The number of likely N-dealkylation sites (tertiary alicyclic amines) is 1. The molecule has 1 aliphatic heterocycles. The Kier molecular flexibility index (Phi) is 6.43. The average Bonchev–Trinajstić information content (AvgIpc) is 2.63. The van der Waals surface area contributed by atoms with E-state index in [-0.39, 0.29) is 16.7 Å². The maximum absolute atomic E-state index is 11.2. The van der Waals surface area contributed by atoms with E-state index >= 15 is 0 Å². The number of hydrogen-bond donors (Lipinski definition) is 1. The summed E-state index contributed by atoms with van der Waals surface area (Å²) in [6, 6.07) is 4.14. The summed E-state index contributed by atoms with van der Waals surface area (Å²) in [7, 11) is 0. The number of nitrogens with one attached hydrogen (secondary N) is 1. The lowest BCUT2D eigenvalue weighted by Gasteiger charge is -2.40. The van der Waals surface area contributed by atoms with Gasteiger partial charge in [-0.1, -0.05) is 0 Å². The van der Waals surface area contributed by atoms with Crippen LogP contribution in [-0.4, -0.2) is 52.7 Å². The summed E-state index contributed by atoms with van der Waals surface area (Å²) >= 11 is 0. The molecule has 0 bridgehead atoms. The number of aromatic nitrogens is 1. The molecule has 2 aliphatic rings. The van der Waals surface area contributed by atoms with E-state index in [4.69, 9.17) is 4.74 Å². The van der Waals surface area contributed by atoms with E-state index in [1.165, 1.54) is 18.9 Å². The van der Waals surface area contributed by atoms with Gasteiger partial charge in [-0.25, -0.2) is 4.98 Å². The summed E-state index contributed by atoms with van der Waals surface area (Å²) in [5.74, 6) is 0.408. The second-order valence-corrected chi connectivity index (χ2v) is 7.42. The molecule has 144 valence electrons. The van der Waals surface area contributed by atoms with Gasteiger partial charge in [0.2, 0.25) is 5.82 Å². The third-order valence-corrected chi connectivity index (χ3v) is 5.64. The van der Waals surface area contributed by atoms with Crippen molar-refractivity contribution in [1.82, 2.24) is 9.88 Å². The number of nitro groups is 1. The van der Waals surface area contributed by atoms with Gasteiger partial charge in [0.25, 0.3) is 0 Å². The Morgan fingerprint density at radius 1 is 1.23 bits per heavy atom. The third kappa shape index (κ3) is 4.71. The van der Waals surface area contributed by atoms with Gasteiger partial charge in [-0.05, 0) is 58.4 Å². The number of rotatable bonds is 6. The van der Waals surface area contributed by atoms with Gasteiger partial charge < -0.3 is 15.0 Å². The number of piperidine rings is 1. The van der Waals surface area contributed by atoms with Crippen molar-refractivity contribution in [1.29, 1.82) is 0 Å². The number of hydrogen-bond acceptors (Lipinski definition) is 6. The van der Waals surface area contributed by atoms with Crippen molar-refractivity contribution in [3.8, 4) is 0 Å². The quantitative estimate of drug-likeness (QED) is 0.616. The summed E-state index contributed by atoms with van der Waals surface area (Å²) in [6.45, 7) is 6.82. The molecule has 7 nitrogen and oxygen atoms in total. The number of aryl methyl sites for hydroxylation is 1. The van der Waals surface area contributed by atoms with Crippen LogP contribution in [0.15, 0.2) is 12.1 Å². The van der Waals surface area contributed by atoms with Crippen LogP contribution in [0.25, 0.3) is 0 Å². The van der Waals surface area contributed by atoms with Gasteiger partial charge >= 0.3 is 5.69 Å². The molecular formula is C19H30N4O3. The molecule has 1 aromatic heterocycles. The van der Waals surface area contributed by atoms with Gasteiger partial charge in [-0.3, -0.25) is 10.1 Å². The third-order valence-electron chi connectivity index (χ3n) is 5.64. The number of nitrogens with zero attached hydrogens (tertiary/aromatic N) is 3. The Hall–Kier alpha value is -1.73. The zero-order chi connectivity index (χ0) is 18.5. The minimum absolute atomic E-state index is 0.0623. The fourth-order valence-corrected chi connectivity index (χ4v) is 4.22. The molecule has 0 amide bonds. The maximum atomic E-state index is 11.2. The molecule has 1 aliphatic carbocycles. The zero-order valence-electron chi connectivity index (χ0n) is 15.8. The highest BCUT2D eigenvalue weighted by atomic mass is 16.6. The van der Waals surface area contributed by atoms with Crippen LogP contribution in [0.1, 0.15) is 51.1 Å². The Bertz CT molecular complexity index is 609. The van der Waals surface area contributed by atoms with Crippen LogP contribution in [0.2, 0.25) is 0 Å². The lowest BCUT2D eigenvalue weighted by molar-refractivity contribution is -0.384. The predicted molar refractivity (Wildman–Crippen MR) is 102 cm³/mol. The normalized spacial score (nSPS) is 25.2. The molecule has 7 heteroatoms. The van der Waals surface area contributed by atoms with Crippen LogP contribution in [-0.2, 0) is 4.74 Å². The summed E-state index contributed by atoms with van der Waals surface area (Å²) in [4.78, 5) is 17.8. The van der Waals surface area contributed by atoms with Crippen molar-refractivity contribution >= 4 is 11.5 Å². The first kappa shape index (κ1) is 19.0. The molecule has 0 radical (unpaired) electrons. The lowest BCUT2D eigenvalue weighted by atomic mass is 9.90. The largest absolute Gasteiger partial charge is 0.379 e. The second kappa shape index (κ2) is 8.77. The van der Waals surface area contributed by atoms with E-state index in [1.807, 2.05) is 6.92 Å². The van der Waals surface area contributed by atoms with Crippen LogP contribution < -0.4 is 5.32 Å². The smallest absolute Gasteiger partial charge is 0.311 e. The van der Waals surface area contributed by atoms with Crippen LogP contribution in [0.4, 0.5) is 11.5 Å². The minimum atomic E-state index is -0.360. The molecule has 0 aromatic carbocycles. The highest BCUT2D eigenvalue weighted by molar-refractivity contribution is 5.56. The molecule has 2 heterocycles. The van der Waals surface area contributed by atoms with Crippen LogP contribution >= 0.6 is 0 Å². The monoisotopic (exact) mass is 362 g/mol. The summed E-state index contributed by atoms with van der Waals surface area (Å²) in [5, 5.41) is 14.5. The first-order valence-electron chi connectivity index (χ1n) is 9.81. The van der Waals surface area contributed by atoms with Gasteiger partial charge in [0.15, 0.2) is 0 Å². The van der Waals surface area contributed by atoms with Crippen molar-refractivity contribution in [2.75, 3.05) is 25.0 Å². The molecule has 2 fully saturated rings. The van der Waals surface area contributed by atoms with Crippen molar-refractivity contribution in [3.05, 3.63) is 27.9 Å². The molecule has 26 heavy (non-hydrogen) atoms. The molecule has 0 unspecified atom stereocenters. The summed E-state index contributed by atoms with van der Waals surface area (Å²) in [5.41, 5.74) is 0.855. The average molecular weight is 362 g/mol. The summed E-state index contributed by atoms with van der Waals surface area (Å²) in [6.07, 6.45) is 7.20. The molecule has 0 spiro atoms. The van der Waals surface area contributed by atoms with Crippen LogP contribution in [0.3, 0.4) is 0 Å². The Labute approximate surface area is 155 Å². The molecule has 1 saturated carbocycles. The SMILES string of the molecule is CCOC1CCC(N2CCC(Nc3nc(C)ccc3[N+](=O)[O-])CC2)CC1. The van der Waals surface area contributed by atoms with Gasteiger partial charge in [-0.2, -0.15) is 0 Å². The Morgan fingerprint density at radius 2 is 1.92 bits per heavy atom. The van der Waals surface area contributed by atoms with Crippen molar-refractivity contribution < 1.29 is 9.66 Å². The molecule has 1 saturated heterocycles. The van der Waals surface area contributed by atoms with Crippen molar-refractivity contribution in [2.24, 2.45) is 0 Å². The Morgan fingerprint density at radius 3 is 2.54 bits per heavy atom. The van der Waals surface area contributed by atoms with Crippen molar-refractivity contribution in [3.63, 3.8) is 0 Å². The molecule has 3 rings (SSSR count). The van der Waals surface area contributed by atoms with Crippen LogP contribution in [0, 0.1) is 17.0 Å².